The quantitative estimate of drug-likeness (QED) is 0.834. The van der Waals surface area contributed by atoms with Gasteiger partial charge in [0.2, 0.25) is 0 Å². The lowest BCUT2D eigenvalue weighted by molar-refractivity contribution is 0.199. The molecule has 19 heavy (non-hydrogen) atoms. The molecule has 0 aliphatic heterocycles. The van der Waals surface area contributed by atoms with Crippen molar-refractivity contribution in [3.05, 3.63) is 29.6 Å². The van der Waals surface area contributed by atoms with Gasteiger partial charge in [-0.3, -0.25) is 0 Å². The molecule has 1 aliphatic carbocycles. The summed E-state index contributed by atoms with van der Waals surface area (Å²) in [5, 5.41) is 9.48. The van der Waals surface area contributed by atoms with E-state index in [4.69, 9.17) is 0 Å². The second kappa shape index (κ2) is 6.38. The van der Waals surface area contributed by atoms with E-state index in [1.807, 2.05) is 13.1 Å². The lowest BCUT2D eigenvalue weighted by Gasteiger charge is -2.29. The first-order valence-corrected chi connectivity index (χ1v) is 7.30. The topological polar surface area (TPSA) is 23.5 Å². The molecule has 1 aliphatic rings. The van der Waals surface area contributed by atoms with E-state index in [0.29, 0.717) is 17.3 Å². The molecule has 2 rings (SSSR count). The van der Waals surface area contributed by atoms with Crippen LogP contribution in [-0.4, -0.2) is 18.2 Å². The number of halogens is 1. The van der Waals surface area contributed by atoms with Crippen molar-refractivity contribution in [2.24, 2.45) is 0 Å². The largest absolute Gasteiger partial charge is 0.389 e. The minimum Gasteiger partial charge on any atom is -0.389 e. The molecule has 0 bridgehead atoms. The first-order chi connectivity index (χ1) is 9.09. The van der Waals surface area contributed by atoms with Gasteiger partial charge in [0.15, 0.2) is 0 Å². The van der Waals surface area contributed by atoms with Crippen LogP contribution < -0.4 is 4.90 Å². The molecule has 2 nitrogen and oxygen atoms in total. The summed E-state index contributed by atoms with van der Waals surface area (Å²) in [6.45, 7) is 1.66. The molecule has 0 amide bonds. The maximum atomic E-state index is 14.2. The number of hydrogen-bond acceptors (Lipinski definition) is 2. The maximum absolute atomic E-state index is 14.2. The molecular formula is C16H24FNO. The van der Waals surface area contributed by atoms with Crippen LogP contribution in [0.25, 0.3) is 0 Å². The average molecular weight is 265 g/mol. The Labute approximate surface area is 115 Å². The summed E-state index contributed by atoms with van der Waals surface area (Å²) >= 11 is 0. The Balaban J connectivity index is 2.15. The second-order valence-electron chi connectivity index (χ2n) is 5.64. The Morgan fingerprint density at radius 2 is 1.84 bits per heavy atom. The summed E-state index contributed by atoms with van der Waals surface area (Å²) < 4.78 is 14.2. The maximum Gasteiger partial charge on any atom is 0.146 e. The smallest absolute Gasteiger partial charge is 0.146 e. The molecule has 1 aromatic carbocycles. The highest BCUT2D eigenvalue weighted by atomic mass is 19.1. The van der Waals surface area contributed by atoms with Gasteiger partial charge in [0, 0.05) is 13.1 Å². The van der Waals surface area contributed by atoms with Gasteiger partial charge in [0.1, 0.15) is 5.82 Å². The molecule has 1 saturated carbocycles. The summed E-state index contributed by atoms with van der Waals surface area (Å²) in [7, 11) is 1.98. The molecule has 1 atom stereocenters. The minimum atomic E-state index is -0.619. The SMILES string of the molecule is C[C@H](O)c1ccc(N(C)C2CCCCCC2)c(F)c1. The lowest BCUT2D eigenvalue weighted by atomic mass is 10.1. The van der Waals surface area contributed by atoms with Crippen molar-refractivity contribution in [2.75, 3.05) is 11.9 Å². The molecular weight excluding hydrogens is 241 g/mol. The molecule has 0 aromatic heterocycles. The van der Waals surface area contributed by atoms with Gasteiger partial charge < -0.3 is 10.0 Å². The van der Waals surface area contributed by atoms with Crippen molar-refractivity contribution in [3.8, 4) is 0 Å². The number of rotatable bonds is 3. The summed E-state index contributed by atoms with van der Waals surface area (Å²) in [5.74, 6) is -0.231. The Hall–Kier alpha value is -1.09. The third-order valence-corrected chi connectivity index (χ3v) is 4.21. The predicted octanol–water partition coefficient (Wildman–Crippen LogP) is 4.04. The summed E-state index contributed by atoms with van der Waals surface area (Å²) in [6.07, 6.45) is 6.75. The highest BCUT2D eigenvalue weighted by Crippen LogP contribution is 2.28. The number of anilines is 1. The van der Waals surface area contributed by atoms with Gasteiger partial charge in [0.05, 0.1) is 11.8 Å². The van der Waals surface area contributed by atoms with Crippen LogP contribution in [0.2, 0.25) is 0 Å². The van der Waals surface area contributed by atoms with Crippen LogP contribution in [0.5, 0.6) is 0 Å². The van der Waals surface area contributed by atoms with E-state index in [1.54, 1.807) is 13.0 Å². The van der Waals surface area contributed by atoms with Crippen molar-refractivity contribution in [3.63, 3.8) is 0 Å². The number of aliphatic hydroxyl groups is 1. The average Bonchev–Trinajstić information content (AvgIpc) is 2.66. The molecule has 1 fully saturated rings. The first-order valence-electron chi connectivity index (χ1n) is 7.30. The molecule has 0 unspecified atom stereocenters. The number of hydrogen-bond donors (Lipinski definition) is 1. The molecule has 1 N–H and O–H groups in total. The molecule has 0 radical (unpaired) electrons. The van der Waals surface area contributed by atoms with Gasteiger partial charge >= 0.3 is 0 Å². The molecule has 1 aromatic rings. The third kappa shape index (κ3) is 3.47. The van der Waals surface area contributed by atoms with E-state index in [-0.39, 0.29) is 5.82 Å². The summed E-state index contributed by atoms with van der Waals surface area (Å²) in [6, 6.07) is 5.50. The predicted molar refractivity (Wildman–Crippen MR) is 76.9 cm³/mol. The Morgan fingerprint density at radius 3 is 2.37 bits per heavy atom. The number of benzene rings is 1. The van der Waals surface area contributed by atoms with E-state index in [2.05, 4.69) is 4.90 Å². The van der Waals surface area contributed by atoms with Crippen molar-refractivity contribution in [1.82, 2.24) is 0 Å². The Morgan fingerprint density at radius 1 is 1.21 bits per heavy atom. The fourth-order valence-corrected chi connectivity index (χ4v) is 2.91. The highest BCUT2D eigenvalue weighted by molar-refractivity contribution is 5.49. The highest BCUT2D eigenvalue weighted by Gasteiger charge is 2.20. The number of aliphatic hydroxyl groups excluding tert-OH is 1. The van der Waals surface area contributed by atoms with E-state index >= 15 is 0 Å². The van der Waals surface area contributed by atoms with E-state index in [0.717, 1.165) is 12.8 Å². The normalized spacial score (nSPS) is 18.9. The van der Waals surface area contributed by atoms with Crippen molar-refractivity contribution >= 4 is 5.69 Å². The van der Waals surface area contributed by atoms with Crippen LogP contribution in [-0.2, 0) is 0 Å². The van der Waals surface area contributed by atoms with Crippen LogP contribution in [0.3, 0.4) is 0 Å². The molecule has 3 heteroatoms. The molecule has 0 heterocycles. The van der Waals surface area contributed by atoms with Gasteiger partial charge in [-0.2, -0.15) is 0 Å². The standard InChI is InChI=1S/C16H24FNO/c1-12(19)13-9-10-16(15(17)11-13)18(2)14-7-5-3-4-6-8-14/h9-12,14,19H,3-8H2,1-2H3/t12-/m0/s1. The van der Waals surface area contributed by atoms with Gasteiger partial charge in [-0.25, -0.2) is 4.39 Å². The fourth-order valence-electron chi connectivity index (χ4n) is 2.91. The van der Waals surface area contributed by atoms with E-state index < -0.39 is 6.10 Å². The zero-order valence-corrected chi connectivity index (χ0v) is 11.9. The van der Waals surface area contributed by atoms with Gasteiger partial charge in [-0.05, 0) is 37.5 Å². The zero-order valence-electron chi connectivity index (χ0n) is 11.9. The third-order valence-electron chi connectivity index (χ3n) is 4.21. The van der Waals surface area contributed by atoms with E-state index in [9.17, 15) is 9.50 Å². The molecule has 0 saturated heterocycles. The Kier molecular flexibility index (Phi) is 4.81. The monoisotopic (exact) mass is 265 g/mol. The van der Waals surface area contributed by atoms with Crippen LogP contribution >= 0.6 is 0 Å². The van der Waals surface area contributed by atoms with Gasteiger partial charge in [0.25, 0.3) is 0 Å². The van der Waals surface area contributed by atoms with Crippen molar-refractivity contribution in [1.29, 1.82) is 0 Å². The van der Waals surface area contributed by atoms with Gasteiger partial charge in [-0.15, -0.1) is 0 Å². The summed E-state index contributed by atoms with van der Waals surface area (Å²) in [4.78, 5) is 2.08. The number of nitrogens with zero attached hydrogens (tertiary/aromatic N) is 1. The molecule has 0 spiro atoms. The second-order valence-corrected chi connectivity index (χ2v) is 5.64. The molecule has 106 valence electrons. The van der Waals surface area contributed by atoms with Crippen molar-refractivity contribution in [2.45, 2.75) is 57.6 Å². The zero-order chi connectivity index (χ0) is 13.8. The van der Waals surface area contributed by atoms with Crippen LogP contribution in [0.15, 0.2) is 18.2 Å². The van der Waals surface area contributed by atoms with Crippen molar-refractivity contribution < 1.29 is 9.50 Å². The fraction of sp³-hybridized carbons (Fsp3) is 0.625. The lowest BCUT2D eigenvalue weighted by Crippen LogP contribution is -2.31. The van der Waals surface area contributed by atoms with E-state index in [1.165, 1.54) is 31.7 Å². The van der Waals surface area contributed by atoms with Gasteiger partial charge in [-0.1, -0.05) is 31.7 Å². The minimum absolute atomic E-state index is 0.231. The summed E-state index contributed by atoms with van der Waals surface area (Å²) in [5.41, 5.74) is 1.28. The van der Waals surface area contributed by atoms with Crippen LogP contribution in [0.1, 0.15) is 57.1 Å². The first kappa shape index (κ1) is 14.3. The van der Waals surface area contributed by atoms with Crippen LogP contribution in [0, 0.1) is 5.82 Å². The Bertz CT molecular complexity index is 411. The van der Waals surface area contributed by atoms with Crippen LogP contribution in [0.4, 0.5) is 10.1 Å².